The molecule has 2 amide bonds. The second-order valence-electron chi connectivity index (χ2n) is 10.6. The molecule has 0 saturated carbocycles. The summed E-state index contributed by atoms with van der Waals surface area (Å²) in [6, 6.07) is 17.0. The van der Waals surface area contributed by atoms with Gasteiger partial charge in [0.05, 0.1) is 23.5 Å². The van der Waals surface area contributed by atoms with E-state index in [1.54, 1.807) is 35.9 Å². The monoisotopic (exact) mass is 634 g/mol. The third-order valence-corrected chi connectivity index (χ3v) is 7.74. The number of fused-ring (bicyclic) bond motifs is 1. The van der Waals surface area contributed by atoms with Crippen LogP contribution in [0.15, 0.2) is 78.9 Å². The molecule has 2 heterocycles. The highest BCUT2D eigenvalue weighted by Gasteiger charge is 2.46. The highest BCUT2D eigenvalue weighted by molar-refractivity contribution is 6.05. The predicted molar refractivity (Wildman–Crippen MR) is 161 cm³/mol. The molecule has 0 bridgehead atoms. The first-order chi connectivity index (χ1) is 22.1. The second kappa shape index (κ2) is 13.4. The quantitative estimate of drug-likeness (QED) is 0.140. The number of alkyl halides is 3. The molecule has 1 aliphatic heterocycles. The van der Waals surface area contributed by atoms with E-state index >= 15 is 0 Å². The minimum atomic E-state index is -4.69. The van der Waals surface area contributed by atoms with Crippen LogP contribution in [0.2, 0.25) is 0 Å². The molecule has 0 spiro atoms. The number of aliphatic hydroxyl groups excluding tert-OH is 1. The van der Waals surface area contributed by atoms with E-state index in [1.807, 2.05) is 6.07 Å². The third kappa shape index (κ3) is 6.43. The lowest BCUT2D eigenvalue weighted by molar-refractivity contribution is -0.137. The van der Waals surface area contributed by atoms with Gasteiger partial charge in [-0.15, -0.1) is 5.01 Å². The first-order valence-electron chi connectivity index (χ1n) is 14.5. The van der Waals surface area contributed by atoms with Crippen molar-refractivity contribution in [2.24, 2.45) is 0 Å². The highest BCUT2D eigenvalue weighted by Crippen LogP contribution is 2.44. The number of benzene rings is 3. The van der Waals surface area contributed by atoms with Gasteiger partial charge in [0.15, 0.2) is 0 Å². The van der Waals surface area contributed by atoms with Crippen LogP contribution in [-0.2, 0) is 17.5 Å². The Kier molecular flexibility index (Phi) is 9.39. The Morgan fingerprint density at radius 1 is 1.09 bits per heavy atom. The smallest absolute Gasteiger partial charge is 0.396 e. The Labute approximate surface area is 262 Å². The molecule has 2 N–H and O–H groups in total. The van der Waals surface area contributed by atoms with Gasteiger partial charge < -0.3 is 10.4 Å². The van der Waals surface area contributed by atoms with Crippen LogP contribution in [0.1, 0.15) is 52.0 Å². The Hall–Kier alpha value is -5.22. The van der Waals surface area contributed by atoms with Crippen molar-refractivity contribution in [1.82, 2.24) is 20.1 Å². The van der Waals surface area contributed by atoms with Crippen molar-refractivity contribution in [3.63, 3.8) is 0 Å². The van der Waals surface area contributed by atoms with Gasteiger partial charge in [-0.25, -0.2) is 9.07 Å². The number of amides is 2. The fraction of sp³-hybridized carbons (Fsp3) is 0.273. The molecular formula is C33H30F4N6O3. The van der Waals surface area contributed by atoms with E-state index in [9.17, 15) is 32.3 Å². The number of likely N-dealkylation sites (N-methyl/N-ethyl adjacent to an activating group) is 1. The third-order valence-electron chi connectivity index (χ3n) is 7.74. The van der Waals surface area contributed by atoms with Gasteiger partial charge >= 0.3 is 6.18 Å². The number of para-hydroxylation sites is 1. The molecule has 0 fully saturated rings. The summed E-state index contributed by atoms with van der Waals surface area (Å²) in [6.45, 7) is 9.68. The zero-order chi connectivity index (χ0) is 33.0. The number of carbonyl (C=O) groups excluding carboxylic acids is 2. The van der Waals surface area contributed by atoms with Gasteiger partial charge in [-0.3, -0.25) is 14.5 Å². The van der Waals surface area contributed by atoms with E-state index in [0.29, 0.717) is 40.8 Å². The van der Waals surface area contributed by atoms with Crippen LogP contribution in [-0.4, -0.2) is 57.4 Å². The van der Waals surface area contributed by atoms with Crippen LogP contribution in [0.5, 0.6) is 0 Å². The fourth-order valence-corrected chi connectivity index (χ4v) is 5.62. The van der Waals surface area contributed by atoms with Crippen molar-refractivity contribution >= 4 is 17.6 Å². The van der Waals surface area contributed by atoms with Gasteiger partial charge in [-0.05, 0) is 61.4 Å². The van der Waals surface area contributed by atoms with Gasteiger partial charge in [0.25, 0.3) is 11.8 Å². The molecule has 4 aromatic rings. The van der Waals surface area contributed by atoms with Crippen molar-refractivity contribution in [2.75, 3.05) is 24.6 Å². The maximum atomic E-state index is 14.3. The Balaban J connectivity index is 1.71. The lowest BCUT2D eigenvalue weighted by atomic mass is 9.80. The zero-order valence-corrected chi connectivity index (χ0v) is 24.7. The number of hydrogen-bond acceptors (Lipinski definition) is 5. The summed E-state index contributed by atoms with van der Waals surface area (Å²) >= 11 is 0. The largest absolute Gasteiger partial charge is 0.416 e. The number of carbonyl (C=O) groups is 2. The normalized spacial score (nSPS) is 16.1. The number of hydrogen-bond donors (Lipinski definition) is 2. The summed E-state index contributed by atoms with van der Waals surface area (Å²) < 4.78 is 56.1. The first kappa shape index (κ1) is 32.2. The maximum absolute atomic E-state index is 14.3. The Bertz CT molecular complexity index is 1750. The highest BCUT2D eigenvalue weighted by atomic mass is 19.4. The average Bonchev–Trinajstić information content (AvgIpc) is 3.42. The summed E-state index contributed by atoms with van der Waals surface area (Å²) in [5.41, 5.74) is 0.633. The summed E-state index contributed by atoms with van der Waals surface area (Å²) in [6.07, 6.45) is -4.37. The molecule has 2 atom stereocenters. The second-order valence-corrected chi connectivity index (χ2v) is 10.6. The molecule has 1 aromatic heterocycles. The molecule has 0 aliphatic carbocycles. The summed E-state index contributed by atoms with van der Waals surface area (Å²) in [7, 11) is 0. The fourth-order valence-electron chi connectivity index (χ4n) is 5.62. The van der Waals surface area contributed by atoms with Gasteiger partial charge in [0.2, 0.25) is 0 Å². The Morgan fingerprint density at radius 2 is 1.80 bits per heavy atom. The number of nitrogens with one attached hydrogen (secondary N) is 1. The van der Waals surface area contributed by atoms with E-state index < -0.39 is 41.3 Å². The molecule has 238 valence electrons. The SMILES string of the molecule is [C-]#[N+]N(CCCO)Cc1nn(-c2ccccc2)c2c1C(c1ccc(F)cc1)[C@H](NC(=O)c1cccc(C(F)(F)F)c1)C(=O)N2CC. The standard InChI is InChI=1S/C33H30F4N6O3/c1-3-42-31-28(26(20-41(38-2)17-8-18-44)40-43(31)25-11-5-4-6-12-25)27(21-13-15-24(34)16-14-21)29(32(42)46)39-30(45)22-9-7-10-23(19-22)33(35,36)37/h4-7,9-16,19,27,29,44H,3,8,17-18,20H2,1H3,(H,39,45)/t27?,29-/m0/s1. The van der Waals surface area contributed by atoms with Crippen LogP contribution in [0, 0.1) is 12.4 Å². The van der Waals surface area contributed by atoms with Crippen molar-refractivity contribution < 1.29 is 32.3 Å². The molecule has 1 unspecified atom stereocenters. The molecule has 9 nitrogen and oxygen atoms in total. The van der Waals surface area contributed by atoms with Gasteiger partial charge in [-0.1, -0.05) is 36.4 Å². The molecule has 5 rings (SSSR count). The topological polar surface area (TPSA) is 95.1 Å². The molecule has 0 saturated heterocycles. The van der Waals surface area contributed by atoms with E-state index in [1.165, 1.54) is 40.2 Å². The van der Waals surface area contributed by atoms with Crippen LogP contribution in [0.3, 0.4) is 0 Å². The van der Waals surface area contributed by atoms with E-state index in [-0.39, 0.29) is 31.8 Å². The van der Waals surface area contributed by atoms with Crippen molar-refractivity contribution in [1.29, 1.82) is 0 Å². The van der Waals surface area contributed by atoms with Crippen molar-refractivity contribution in [2.45, 2.75) is 38.0 Å². The van der Waals surface area contributed by atoms with E-state index in [2.05, 4.69) is 10.3 Å². The average molecular weight is 635 g/mol. The minimum absolute atomic E-state index is 0.0105. The summed E-state index contributed by atoms with van der Waals surface area (Å²) in [4.78, 5) is 32.9. The Morgan fingerprint density at radius 3 is 2.43 bits per heavy atom. The molecule has 0 radical (unpaired) electrons. The number of aromatic nitrogens is 2. The van der Waals surface area contributed by atoms with Crippen molar-refractivity contribution in [3.8, 4) is 5.69 Å². The minimum Gasteiger partial charge on any atom is -0.396 e. The molecule has 46 heavy (non-hydrogen) atoms. The van der Waals surface area contributed by atoms with Crippen molar-refractivity contribution in [3.05, 3.63) is 124 Å². The van der Waals surface area contributed by atoms with E-state index in [4.69, 9.17) is 11.7 Å². The van der Waals surface area contributed by atoms with Gasteiger partial charge in [0.1, 0.15) is 24.2 Å². The van der Waals surface area contributed by atoms with Gasteiger partial charge in [0, 0.05) is 30.2 Å². The van der Waals surface area contributed by atoms with Crippen LogP contribution in [0.4, 0.5) is 23.4 Å². The lowest BCUT2D eigenvalue weighted by Gasteiger charge is -2.38. The number of halogens is 4. The summed E-state index contributed by atoms with van der Waals surface area (Å²) in [5, 5.41) is 18.3. The van der Waals surface area contributed by atoms with E-state index in [0.717, 1.165) is 12.1 Å². The maximum Gasteiger partial charge on any atom is 0.416 e. The molecular weight excluding hydrogens is 604 g/mol. The van der Waals surface area contributed by atoms with Crippen LogP contribution >= 0.6 is 0 Å². The van der Waals surface area contributed by atoms with Crippen LogP contribution in [0.25, 0.3) is 10.6 Å². The molecule has 13 heteroatoms. The molecule has 3 aromatic carbocycles. The number of rotatable bonds is 10. The number of anilines is 1. The first-order valence-corrected chi connectivity index (χ1v) is 14.5. The lowest BCUT2D eigenvalue weighted by Crippen LogP contribution is -2.55. The van der Waals surface area contributed by atoms with Gasteiger partial charge in [-0.2, -0.15) is 29.8 Å². The molecule has 1 aliphatic rings. The predicted octanol–water partition coefficient (Wildman–Crippen LogP) is 5.35. The zero-order valence-electron chi connectivity index (χ0n) is 24.7. The van der Waals surface area contributed by atoms with Crippen LogP contribution < -0.4 is 10.2 Å². The summed E-state index contributed by atoms with van der Waals surface area (Å²) in [5.74, 6) is -2.55. The number of aliphatic hydroxyl groups is 1. The number of nitrogens with zero attached hydrogens (tertiary/aromatic N) is 5.